The predicted octanol–water partition coefficient (Wildman–Crippen LogP) is 7.74. The number of hydrogen-bond acceptors (Lipinski definition) is 21. The van der Waals surface area contributed by atoms with Gasteiger partial charge in [-0.1, -0.05) is 48.5 Å². The number of carbonyl (C=O) groups excluding carboxylic acids is 9. The predicted molar refractivity (Wildman–Crippen MR) is 408 cm³/mol. The van der Waals surface area contributed by atoms with Gasteiger partial charge in [0, 0.05) is 91.1 Å². The fraction of sp³-hybridized carbons (Fsp3) is 0.317. The fourth-order valence-electron chi connectivity index (χ4n) is 16.2. The van der Waals surface area contributed by atoms with Crippen molar-refractivity contribution in [2.75, 3.05) is 85.0 Å². The number of imidazole rings is 2. The second kappa shape index (κ2) is 31.7. The molecule has 576 valence electrons. The molecule has 8 aliphatic rings. The van der Waals surface area contributed by atoms with Crippen molar-refractivity contribution in [2.45, 2.75) is 101 Å². The number of amides is 9. The van der Waals surface area contributed by atoms with Gasteiger partial charge in [-0.05, 0) is 171 Å². The van der Waals surface area contributed by atoms with Crippen molar-refractivity contribution in [1.29, 1.82) is 0 Å². The van der Waals surface area contributed by atoms with Crippen LogP contribution in [0.2, 0.25) is 0 Å². The van der Waals surface area contributed by atoms with Gasteiger partial charge >= 0.3 is 5.97 Å². The standard InChI is InChI=1S/C41H38FN9O5.C25H26FN7.C16H14N2O6/c42-27-5-1-4-26(23-27)31-7-3-17-49(31)36-14-13-34-43-24-33(51(34)46-36)30-6-2-8-35(44-30)47-18-20-48(21-19-47)38(53)16-10-25-9-11-28-29(22-25)41(56)50(40(28)55)32-12-15-37(52)45-39(32)54;26-19-5-1-4-18(16-19)21-7-3-13-32(21)25-10-9-23-28-17-22(33(23)30-25)20-6-2-8-24(29-20)31-14-11-27-12-15-31;19-12-5-4-11(14(22)17-12)18-15(23)9-3-1-8(2-6-13(20)21)7-10(9)16(18)24/h1-2,4-6,8-9,11,13-14,22-24,31-32H,3,7,10,12,15-21H2,(H,45,52,54);1-2,4-6,8-10,16-17,21,27H,3,7,11-15H2;1,3,7,11H,2,4-6H2,(H,20,21)(H,17,19,22)/t31-,32?;21-;/m11./s1. The molecule has 9 amide bonds. The van der Waals surface area contributed by atoms with Crippen molar-refractivity contribution in [2.24, 2.45) is 0 Å². The van der Waals surface area contributed by atoms with E-state index in [1.165, 1.54) is 24.3 Å². The lowest BCUT2D eigenvalue weighted by Crippen LogP contribution is -2.54. The quantitative estimate of drug-likeness (QED) is 0.0672. The molecule has 31 heteroatoms. The number of hydrogen-bond donors (Lipinski definition) is 4. The molecule has 0 bridgehead atoms. The van der Waals surface area contributed by atoms with Crippen LogP contribution in [0.1, 0.15) is 140 Å². The number of piperidine rings is 2. The van der Waals surface area contributed by atoms with Crippen LogP contribution in [0.25, 0.3) is 34.1 Å². The average Bonchev–Trinajstić information content (AvgIpc) is 1.62. The van der Waals surface area contributed by atoms with Gasteiger partial charge in [0.1, 0.15) is 58.4 Å². The van der Waals surface area contributed by atoms with E-state index < -0.39 is 65.3 Å². The van der Waals surface area contributed by atoms with Crippen LogP contribution >= 0.6 is 0 Å². The maximum atomic E-state index is 14.1. The van der Waals surface area contributed by atoms with E-state index in [0.29, 0.717) is 43.8 Å². The monoisotopic (exact) mass is 1530 g/mol. The molecule has 6 saturated heterocycles. The highest BCUT2D eigenvalue weighted by molar-refractivity contribution is 6.24. The first-order valence-corrected chi connectivity index (χ1v) is 37.9. The second-order valence-corrected chi connectivity index (χ2v) is 28.9. The summed E-state index contributed by atoms with van der Waals surface area (Å²) in [4.78, 5) is 154. The smallest absolute Gasteiger partial charge is 0.303 e. The summed E-state index contributed by atoms with van der Waals surface area (Å²) in [5.41, 5.74) is 8.71. The largest absolute Gasteiger partial charge is 0.481 e. The number of nitrogens with one attached hydrogen (secondary N) is 3. The van der Waals surface area contributed by atoms with Crippen LogP contribution in [0, 0.1) is 11.6 Å². The Morgan fingerprint density at radius 2 is 0.903 bits per heavy atom. The Bertz CT molecular complexity index is 5490. The van der Waals surface area contributed by atoms with Gasteiger partial charge < -0.3 is 34.9 Å². The van der Waals surface area contributed by atoms with E-state index in [9.17, 15) is 56.7 Å². The zero-order chi connectivity index (χ0) is 78.1. The van der Waals surface area contributed by atoms with Crippen molar-refractivity contribution >= 4 is 93.7 Å². The van der Waals surface area contributed by atoms with Crippen LogP contribution in [-0.4, -0.2) is 196 Å². The molecule has 4 atom stereocenters. The minimum absolute atomic E-state index is 0.00956. The van der Waals surface area contributed by atoms with Crippen LogP contribution in [0.4, 0.5) is 32.1 Å². The van der Waals surface area contributed by atoms with Crippen molar-refractivity contribution < 1.29 is 61.8 Å². The summed E-state index contributed by atoms with van der Waals surface area (Å²) in [5.74, 6) is -2.45. The third kappa shape index (κ3) is 15.2. The Balaban J connectivity index is 0.000000142. The number of aryl methyl sites for hydroxylation is 2. The van der Waals surface area contributed by atoms with Gasteiger partial charge in [0.05, 0.1) is 58.1 Å². The van der Waals surface area contributed by atoms with Crippen molar-refractivity contribution in [3.05, 3.63) is 214 Å². The zero-order valence-corrected chi connectivity index (χ0v) is 61.4. The summed E-state index contributed by atoms with van der Waals surface area (Å²) in [6, 6.07) is 41.2. The van der Waals surface area contributed by atoms with Crippen molar-refractivity contribution in [3.63, 3.8) is 0 Å². The maximum Gasteiger partial charge on any atom is 0.303 e. The normalized spacial score (nSPS) is 19.7. The Morgan fingerprint density at radius 3 is 1.36 bits per heavy atom. The Kier molecular flexibility index (Phi) is 20.8. The molecule has 113 heavy (non-hydrogen) atoms. The molecular weight excluding hydrogens is 1450 g/mol. The molecule has 0 saturated carbocycles. The lowest BCUT2D eigenvalue weighted by molar-refractivity contribution is -0.137. The molecule has 6 fully saturated rings. The Hall–Kier alpha value is -13.1. The van der Waals surface area contributed by atoms with Gasteiger partial charge in [-0.3, -0.25) is 68.4 Å². The van der Waals surface area contributed by atoms with E-state index in [4.69, 9.17) is 25.3 Å². The molecule has 0 aliphatic carbocycles. The SMILES string of the molecule is Fc1cccc([C@H]2CCCN2c2ccc3ncc(-c4cccc(N5CCNCC5)n4)n3n2)c1.O=C(O)CCc1ccc2c(c1)C(=O)N(C1CCC(=O)NC1=O)C2=O.O=C1CCC(N2C(=O)c3ccc(CCC(=O)N4CCN(c5cccc(-c6cnc7ccc(N8CCC[C@@H]8c8cccc(F)c8)nn67)n5)CC4)cc3C2=O)C(=O)N1. The minimum Gasteiger partial charge on any atom is -0.481 e. The maximum absolute atomic E-state index is 14.1. The lowest BCUT2D eigenvalue weighted by atomic mass is 10.0. The van der Waals surface area contributed by atoms with Gasteiger partial charge in [0.15, 0.2) is 11.3 Å². The third-order valence-corrected chi connectivity index (χ3v) is 21.9. The number of pyridine rings is 2. The molecule has 29 nitrogen and oxygen atoms in total. The van der Waals surface area contributed by atoms with Gasteiger partial charge in [-0.15, -0.1) is 10.2 Å². The topological polar surface area (TPSA) is 336 Å². The van der Waals surface area contributed by atoms with Crippen molar-refractivity contribution in [3.8, 4) is 22.8 Å². The van der Waals surface area contributed by atoms with E-state index in [2.05, 4.69) is 51.6 Å². The number of piperazine rings is 2. The van der Waals surface area contributed by atoms with Crippen LogP contribution in [0.3, 0.4) is 0 Å². The fourth-order valence-corrected chi connectivity index (χ4v) is 16.2. The summed E-state index contributed by atoms with van der Waals surface area (Å²) in [6.45, 7) is 7.77. The summed E-state index contributed by atoms with van der Waals surface area (Å²) >= 11 is 0. The van der Waals surface area contributed by atoms with Gasteiger partial charge in [-0.25, -0.2) is 37.7 Å². The van der Waals surface area contributed by atoms with E-state index in [1.54, 1.807) is 54.7 Å². The van der Waals surface area contributed by atoms with Crippen LogP contribution in [-0.2, 0) is 41.6 Å². The average molecular weight is 1530 g/mol. The zero-order valence-electron chi connectivity index (χ0n) is 61.4. The van der Waals surface area contributed by atoms with E-state index in [0.717, 1.165) is 143 Å². The van der Waals surface area contributed by atoms with Crippen LogP contribution < -0.4 is 35.6 Å². The molecule has 14 heterocycles. The number of anilines is 4. The van der Waals surface area contributed by atoms with Gasteiger partial charge in [0.25, 0.3) is 23.6 Å². The number of imide groups is 4. The first-order chi connectivity index (χ1) is 54.9. The number of carboxylic acids is 1. The van der Waals surface area contributed by atoms with Gasteiger partial charge in [0.2, 0.25) is 29.5 Å². The van der Waals surface area contributed by atoms with Crippen LogP contribution in [0.5, 0.6) is 0 Å². The number of rotatable bonds is 16. The van der Waals surface area contributed by atoms with Gasteiger partial charge in [-0.2, -0.15) is 0 Å². The number of aliphatic carboxylic acids is 1. The summed E-state index contributed by atoms with van der Waals surface area (Å²) in [6.07, 6.45) is 8.60. The molecule has 0 radical (unpaired) electrons. The van der Waals surface area contributed by atoms with E-state index in [-0.39, 0.29) is 96.8 Å². The number of nitrogens with zero attached hydrogens (tertiary/aromatic N) is 15. The Morgan fingerprint density at radius 1 is 0.451 bits per heavy atom. The first kappa shape index (κ1) is 74.1. The number of carboxylic acid groups (broad SMARTS) is 1. The summed E-state index contributed by atoms with van der Waals surface area (Å²) < 4.78 is 31.6. The highest BCUT2D eigenvalue weighted by Crippen LogP contribution is 2.39. The molecule has 8 aliphatic heterocycles. The summed E-state index contributed by atoms with van der Waals surface area (Å²) in [7, 11) is 0. The highest BCUT2D eigenvalue weighted by Gasteiger charge is 2.47. The number of aromatic nitrogens is 8. The first-order valence-electron chi connectivity index (χ1n) is 37.9. The highest BCUT2D eigenvalue weighted by atomic mass is 19.1. The van der Waals surface area contributed by atoms with Crippen LogP contribution in [0.15, 0.2) is 158 Å². The van der Waals surface area contributed by atoms with E-state index >= 15 is 0 Å². The number of carbonyl (C=O) groups is 10. The molecule has 4 aromatic carbocycles. The minimum atomic E-state index is -1.03. The molecule has 18 rings (SSSR count). The number of fused-ring (bicyclic) bond motifs is 4. The second-order valence-electron chi connectivity index (χ2n) is 28.9. The summed E-state index contributed by atoms with van der Waals surface area (Å²) in [5, 5.41) is 26.4. The van der Waals surface area contributed by atoms with E-state index in [1.807, 2.05) is 86.9 Å². The Labute approximate surface area is 645 Å². The molecule has 0 spiro atoms. The molecule has 6 aromatic heterocycles. The lowest BCUT2D eigenvalue weighted by Gasteiger charge is -2.35. The molecule has 4 N–H and O–H groups in total. The molecular formula is C82H78F2N18O11. The molecule has 2 unspecified atom stereocenters. The third-order valence-electron chi connectivity index (χ3n) is 21.9. The number of halogens is 2. The van der Waals surface area contributed by atoms with Crippen molar-refractivity contribution in [1.82, 2.24) is 69.8 Å². The molecule has 10 aromatic rings. The number of benzene rings is 4.